The molecule has 0 aliphatic rings. The van der Waals surface area contributed by atoms with E-state index in [4.69, 9.17) is 14.2 Å². The Morgan fingerprint density at radius 2 is 1.66 bits per heavy atom. The van der Waals surface area contributed by atoms with Crippen molar-refractivity contribution < 1.29 is 19.0 Å². The van der Waals surface area contributed by atoms with Crippen LogP contribution in [0.25, 0.3) is 0 Å². The third-order valence-corrected chi connectivity index (χ3v) is 4.81. The van der Waals surface area contributed by atoms with Gasteiger partial charge in [0, 0.05) is 24.3 Å². The number of nitrogens with one attached hydrogen (secondary N) is 1. The van der Waals surface area contributed by atoms with Crippen LogP contribution in [0.2, 0.25) is 0 Å². The van der Waals surface area contributed by atoms with E-state index in [1.165, 1.54) is 0 Å². The minimum Gasteiger partial charge on any atom is -0.490 e. The highest BCUT2D eigenvalue weighted by Gasteiger charge is 2.08. The monoisotopic (exact) mass is 437 g/mol. The van der Waals surface area contributed by atoms with E-state index in [-0.39, 0.29) is 5.91 Å². The number of hydrogen-bond donors (Lipinski definition) is 1. The first-order valence-corrected chi connectivity index (χ1v) is 10.9. The van der Waals surface area contributed by atoms with Gasteiger partial charge in [0.25, 0.3) is 0 Å². The summed E-state index contributed by atoms with van der Waals surface area (Å²) < 4.78 is 19.0. The second-order valence-electron chi connectivity index (χ2n) is 7.41. The lowest BCUT2D eigenvalue weighted by atomic mass is 10.2. The fourth-order valence-electron chi connectivity index (χ4n) is 3.32. The molecule has 3 aromatic rings. The van der Waals surface area contributed by atoms with Gasteiger partial charge in [-0.05, 0) is 75.7 Å². The summed E-state index contributed by atoms with van der Waals surface area (Å²) in [5.74, 6) is 2.12. The number of ether oxygens (including phenoxy) is 3. The predicted molar refractivity (Wildman–Crippen MR) is 125 cm³/mol. The van der Waals surface area contributed by atoms with E-state index in [0.717, 1.165) is 34.1 Å². The van der Waals surface area contributed by atoms with Crippen LogP contribution in [0.15, 0.2) is 48.5 Å². The van der Waals surface area contributed by atoms with Gasteiger partial charge in [0.2, 0.25) is 5.91 Å². The average molecular weight is 438 g/mol. The lowest BCUT2D eigenvalue weighted by Gasteiger charge is -2.13. The van der Waals surface area contributed by atoms with Crippen LogP contribution in [-0.4, -0.2) is 28.9 Å². The summed E-state index contributed by atoms with van der Waals surface area (Å²) in [6, 6.07) is 15.2. The number of rotatable bonds is 11. The molecule has 2 aromatic carbocycles. The normalized spacial score (nSPS) is 10.6. The van der Waals surface area contributed by atoms with Crippen molar-refractivity contribution in [1.82, 2.24) is 9.78 Å². The number of hydrogen-bond acceptors (Lipinski definition) is 5. The number of amides is 1. The molecule has 0 spiro atoms. The molecular formula is C25H31N3O4. The molecule has 1 heterocycles. The molecule has 0 radical (unpaired) electrons. The zero-order chi connectivity index (χ0) is 22.9. The van der Waals surface area contributed by atoms with Crippen LogP contribution in [0.4, 0.5) is 5.69 Å². The fraction of sp³-hybridized carbons (Fsp3) is 0.360. The molecular weight excluding hydrogens is 406 g/mol. The molecule has 1 amide bonds. The standard InChI is InChI=1S/C25H31N3O4/c1-5-30-23-12-7-20(16-24(23)31-6-2)17-32-22-10-8-21(9-11-22)26-25(29)13-14-28-19(4)15-18(3)27-28/h7-12,15-16H,5-6,13-14,17H2,1-4H3,(H,26,29). The Balaban J connectivity index is 1.50. The van der Waals surface area contributed by atoms with Gasteiger partial charge in [-0.2, -0.15) is 5.10 Å². The van der Waals surface area contributed by atoms with E-state index < -0.39 is 0 Å². The lowest BCUT2D eigenvalue weighted by Crippen LogP contribution is -2.15. The highest BCUT2D eigenvalue weighted by atomic mass is 16.5. The maximum Gasteiger partial charge on any atom is 0.226 e. The number of aromatic nitrogens is 2. The van der Waals surface area contributed by atoms with Crippen LogP contribution in [0.1, 0.15) is 37.2 Å². The molecule has 0 fully saturated rings. The molecule has 0 bridgehead atoms. The first-order chi connectivity index (χ1) is 15.5. The van der Waals surface area contributed by atoms with Gasteiger partial charge in [0.15, 0.2) is 11.5 Å². The second kappa shape index (κ2) is 11.2. The first-order valence-electron chi connectivity index (χ1n) is 10.9. The van der Waals surface area contributed by atoms with Crippen LogP contribution in [0, 0.1) is 13.8 Å². The van der Waals surface area contributed by atoms with E-state index in [2.05, 4.69) is 10.4 Å². The van der Waals surface area contributed by atoms with Crippen LogP contribution in [-0.2, 0) is 17.9 Å². The largest absolute Gasteiger partial charge is 0.490 e. The van der Waals surface area contributed by atoms with Crippen molar-refractivity contribution in [3.05, 3.63) is 65.5 Å². The predicted octanol–water partition coefficient (Wildman–Crippen LogP) is 4.91. The highest BCUT2D eigenvalue weighted by molar-refractivity contribution is 5.90. The summed E-state index contributed by atoms with van der Waals surface area (Å²) >= 11 is 0. The molecule has 7 heteroatoms. The minimum atomic E-state index is -0.0518. The molecule has 170 valence electrons. The molecule has 0 aliphatic heterocycles. The molecule has 0 atom stereocenters. The van der Waals surface area contributed by atoms with Gasteiger partial charge < -0.3 is 19.5 Å². The van der Waals surface area contributed by atoms with E-state index >= 15 is 0 Å². The van der Waals surface area contributed by atoms with Crippen LogP contribution >= 0.6 is 0 Å². The average Bonchev–Trinajstić information content (AvgIpc) is 3.10. The Labute approximate surface area is 189 Å². The third-order valence-electron chi connectivity index (χ3n) is 4.81. The third kappa shape index (κ3) is 6.51. The van der Waals surface area contributed by atoms with E-state index in [1.54, 1.807) is 0 Å². The van der Waals surface area contributed by atoms with Gasteiger partial charge in [-0.1, -0.05) is 6.07 Å². The number of nitrogens with zero attached hydrogens (tertiary/aromatic N) is 2. The van der Waals surface area contributed by atoms with Gasteiger partial charge in [-0.3, -0.25) is 9.48 Å². The minimum absolute atomic E-state index is 0.0518. The maximum absolute atomic E-state index is 12.3. The smallest absolute Gasteiger partial charge is 0.226 e. The zero-order valence-electron chi connectivity index (χ0n) is 19.2. The Bertz CT molecular complexity index is 1030. The zero-order valence-corrected chi connectivity index (χ0v) is 19.2. The summed E-state index contributed by atoms with van der Waals surface area (Å²) in [6.45, 7) is 9.93. The van der Waals surface area contributed by atoms with Crippen molar-refractivity contribution in [2.24, 2.45) is 0 Å². The summed E-state index contributed by atoms with van der Waals surface area (Å²) in [4.78, 5) is 12.3. The number of aryl methyl sites for hydroxylation is 3. The van der Waals surface area contributed by atoms with Gasteiger partial charge in [-0.25, -0.2) is 0 Å². The molecule has 0 aliphatic carbocycles. The number of benzene rings is 2. The summed E-state index contributed by atoms with van der Waals surface area (Å²) in [5, 5.41) is 7.29. The molecule has 1 aromatic heterocycles. The van der Waals surface area contributed by atoms with Crippen molar-refractivity contribution >= 4 is 11.6 Å². The van der Waals surface area contributed by atoms with E-state index in [1.807, 2.05) is 80.9 Å². The van der Waals surface area contributed by atoms with Crippen molar-refractivity contribution in [1.29, 1.82) is 0 Å². The van der Waals surface area contributed by atoms with E-state index in [0.29, 0.717) is 38.5 Å². The lowest BCUT2D eigenvalue weighted by molar-refractivity contribution is -0.116. The van der Waals surface area contributed by atoms with Crippen molar-refractivity contribution in [2.45, 2.75) is 47.3 Å². The Kier molecular flexibility index (Phi) is 8.14. The first kappa shape index (κ1) is 23.2. The van der Waals surface area contributed by atoms with Crippen molar-refractivity contribution in [3.63, 3.8) is 0 Å². The van der Waals surface area contributed by atoms with Gasteiger partial charge in [0.1, 0.15) is 12.4 Å². The Morgan fingerprint density at radius 1 is 0.938 bits per heavy atom. The second-order valence-corrected chi connectivity index (χ2v) is 7.41. The van der Waals surface area contributed by atoms with Crippen LogP contribution < -0.4 is 19.5 Å². The summed E-state index contributed by atoms with van der Waals surface area (Å²) in [5.41, 5.74) is 3.73. The van der Waals surface area contributed by atoms with Crippen LogP contribution in [0.5, 0.6) is 17.2 Å². The maximum atomic E-state index is 12.3. The molecule has 1 N–H and O–H groups in total. The van der Waals surface area contributed by atoms with Crippen molar-refractivity contribution in [2.75, 3.05) is 18.5 Å². The van der Waals surface area contributed by atoms with Gasteiger partial charge >= 0.3 is 0 Å². The number of anilines is 1. The summed E-state index contributed by atoms with van der Waals surface area (Å²) in [7, 11) is 0. The quantitative estimate of drug-likeness (QED) is 0.462. The van der Waals surface area contributed by atoms with E-state index in [9.17, 15) is 4.79 Å². The Hall–Kier alpha value is -3.48. The number of carbonyl (C=O) groups is 1. The SMILES string of the molecule is CCOc1ccc(COc2ccc(NC(=O)CCn3nc(C)cc3C)cc2)cc1OCC. The highest BCUT2D eigenvalue weighted by Crippen LogP contribution is 2.29. The Morgan fingerprint density at radius 3 is 2.31 bits per heavy atom. The molecule has 0 saturated carbocycles. The molecule has 0 unspecified atom stereocenters. The molecule has 0 saturated heterocycles. The molecule has 32 heavy (non-hydrogen) atoms. The summed E-state index contributed by atoms with van der Waals surface area (Å²) in [6.07, 6.45) is 0.361. The van der Waals surface area contributed by atoms with Gasteiger partial charge in [0.05, 0.1) is 18.9 Å². The topological polar surface area (TPSA) is 74.6 Å². The number of carbonyl (C=O) groups excluding carboxylic acids is 1. The molecule has 3 rings (SSSR count). The van der Waals surface area contributed by atoms with Gasteiger partial charge in [-0.15, -0.1) is 0 Å². The van der Waals surface area contributed by atoms with Crippen molar-refractivity contribution in [3.8, 4) is 17.2 Å². The fourth-order valence-corrected chi connectivity index (χ4v) is 3.32. The van der Waals surface area contributed by atoms with Crippen LogP contribution in [0.3, 0.4) is 0 Å². The molecule has 7 nitrogen and oxygen atoms in total.